The number of nitrogens with zero attached hydrogens (tertiary/aromatic N) is 3. The Balaban J connectivity index is 2.67. The van der Waals surface area contributed by atoms with Gasteiger partial charge in [0.1, 0.15) is 0 Å². The van der Waals surface area contributed by atoms with Crippen LogP contribution in [0.25, 0.3) is 11.4 Å². The van der Waals surface area contributed by atoms with Gasteiger partial charge in [0.15, 0.2) is 17.5 Å². The molecule has 19 heavy (non-hydrogen) atoms. The third-order valence-corrected chi connectivity index (χ3v) is 2.98. The number of nitrogen functional groups attached to an aromatic ring is 1. The smallest absolute Gasteiger partial charge is 0.186 e. The van der Waals surface area contributed by atoms with Crippen molar-refractivity contribution in [2.24, 2.45) is 0 Å². The summed E-state index contributed by atoms with van der Waals surface area (Å²) in [4.78, 5) is 8.15. The second-order valence-corrected chi connectivity index (χ2v) is 4.14. The van der Waals surface area contributed by atoms with E-state index in [2.05, 4.69) is 16.0 Å². The molecule has 0 aliphatic heterocycles. The van der Waals surface area contributed by atoms with Crippen molar-refractivity contribution in [3.05, 3.63) is 40.8 Å². The maximum atomic E-state index is 13.6. The van der Waals surface area contributed by atoms with E-state index < -0.39 is 5.82 Å². The largest absolute Gasteiger partial charge is 0.381 e. The van der Waals surface area contributed by atoms with Crippen LogP contribution in [-0.4, -0.2) is 9.97 Å². The van der Waals surface area contributed by atoms with Crippen molar-refractivity contribution in [3.63, 3.8) is 0 Å². The molecule has 1 aromatic carbocycles. The van der Waals surface area contributed by atoms with E-state index in [1.54, 1.807) is 25.1 Å². The summed E-state index contributed by atoms with van der Waals surface area (Å²) < 4.78 is 13.6. The van der Waals surface area contributed by atoms with Crippen LogP contribution in [0.3, 0.4) is 0 Å². The van der Waals surface area contributed by atoms with E-state index in [4.69, 9.17) is 11.0 Å². The first kappa shape index (κ1) is 13.0. The summed E-state index contributed by atoms with van der Waals surface area (Å²) in [5, 5.41) is 9.01. The number of hydrogen-bond donors (Lipinski definition) is 1. The molecule has 4 nitrogen and oxygen atoms in total. The van der Waals surface area contributed by atoms with Gasteiger partial charge in [-0.1, -0.05) is 19.1 Å². The number of nitrogens with two attached hydrogens (primary N) is 1. The molecule has 0 amide bonds. The lowest BCUT2D eigenvalue weighted by Gasteiger charge is -2.09. The molecule has 2 rings (SSSR count). The molecule has 2 aromatic rings. The maximum absolute atomic E-state index is 13.6. The first-order chi connectivity index (χ1) is 9.08. The Morgan fingerprint density at radius 2 is 2.11 bits per heavy atom. The molecule has 0 atom stereocenters. The summed E-state index contributed by atoms with van der Waals surface area (Å²) in [6.07, 6.45) is 0.433. The molecule has 0 saturated carbocycles. The van der Waals surface area contributed by atoms with Crippen LogP contribution >= 0.6 is 0 Å². The highest BCUT2D eigenvalue weighted by atomic mass is 19.1. The fourth-order valence-corrected chi connectivity index (χ4v) is 1.87. The fraction of sp³-hybridized carbons (Fsp3) is 0.214. The zero-order chi connectivity index (χ0) is 14.0. The van der Waals surface area contributed by atoms with E-state index in [1.165, 1.54) is 0 Å². The summed E-state index contributed by atoms with van der Waals surface area (Å²) in [7, 11) is 0. The van der Waals surface area contributed by atoms with Crippen molar-refractivity contribution in [2.45, 2.75) is 20.3 Å². The molecule has 0 spiro atoms. The standard InChI is InChI=1S/C14H13FN4/c1-3-11-12(15)13(17)19-14(18-11)10-6-4-5-9(7-16)8(10)2/h4-6H,3H2,1-2H3,(H2,17,18,19). The van der Waals surface area contributed by atoms with Gasteiger partial charge in [-0.3, -0.25) is 0 Å². The Morgan fingerprint density at radius 3 is 2.74 bits per heavy atom. The molecule has 5 heteroatoms. The predicted molar refractivity (Wildman–Crippen MR) is 70.7 cm³/mol. The number of benzene rings is 1. The van der Waals surface area contributed by atoms with Gasteiger partial charge in [-0.05, 0) is 25.0 Å². The van der Waals surface area contributed by atoms with E-state index in [1.807, 2.05) is 6.92 Å². The maximum Gasteiger partial charge on any atom is 0.186 e. The highest BCUT2D eigenvalue weighted by Gasteiger charge is 2.14. The SMILES string of the molecule is CCc1nc(-c2cccc(C#N)c2C)nc(N)c1F. The van der Waals surface area contributed by atoms with E-state index in [0.29, 0.717) is 23.4 Å². The van der Waals surface area contributed by atoms with E-state index in [9.17, 15) is 4.39 Å². The number of rotatable bonds is 2. The summed E-state index contributed by atoms with van der Waals surface area (Å²) in [5.74, 6) is -0.380. The minimum Gasteiger partial charge on any atom is -0.381 e. The number of anilines is 1. The molecule has 1 aromatic heterocycles. The summed E-state index contributed by atoms with van der Waals surface area (Å²) in [6.45, 7) is 3.61. The Labute approximate surface area is 110 Å². The number of halogens is 1. The average Bonchev–Trinajstić information content (AvgIpc) is 2.42. The summed E-state index contributed by atoms with van der Waals surface area (Å²) >= 11 is 0. The van der Waals surface area contributed by atoms with Gasteiger partial charge in [0.25, 0.3) is 0 Å². The zero-order valence-corrected chi connectivity index (χ0v) is 10.7. The van der Waals surface area contributed by atoms with Crippen LogP contribution in [0.1, 0.15) is 23.7 Å². The highest BCUT2D eigenvalue weighted by Crippen LogP contribution is 2.25. The molecule has 1 heterocycles. The summed E-state index contributed by atoms with van der Waals surface area (Å²) in [6, 6.07) is 7.35. The zero-order valence-electron chi connectivity index (χ0n) is 10.7. The van der Waals surface area contributed by atoms with Crippen molar-refractivity contribution in [1.29, 1.82) is 5.26 Å². The first-order valence-electron chi connectivity index (χ1n) is 5.90. The highest BCUT2D eigenvalue weighted by molar-refractivity contribution is 5.65. The molecule has 0 bridgehead atoms. The Morgan fingerprint density at radius 1 is 1.37 bits per heavy atom. The van der Waals surface area contributed by atoms with Crippen LogP contribution in [-0.2, 0) is 6.42 Å². The lowest BCUT2D eigenvalue weighted by molar-refractivity contribution is 0.600. The number of aromatic nitrogens is 2. The molecule has 0 fully saturated rings. The van der Waals surface area contributed by atoms with Gasteiger partial charge < -0.3 is 5.73 Å². The van der Waals surface area contributed by atoms with Gasteiger partial charge in [0.2, 0.25) is 0 Å². The van der Waals surface area contributed by atoms with Crippen molar-refractivity contribution in [2.75, 3.05) is 5.73 Å². The molecule has 0 aliphatic carbocycles. The van der Waals surface area contributed by atoms with Crippen LogP contribution < -0.4 is 5.73 Å². The first-order valence-corrected chi connectivity index (χ1v) is 5.90. The number of aryl methyl sites for hydroxylation is 1. The lowest BCUT2D eigenvalue weighted by atomic mass is 10.0. The number of hydrogen-bond acceptors (Lipinski definition) is 4. The van der Waals surface area contributed by atoms with Crippen molar-refractivity contribution in [3.8, 4) is 17.5 Å². The topological polar surface area (TPSA) is 75.6 Å². The Bertz CT molecular complexity index is 674. The Hall–Kier alpha value is -2.48. The number of nitriles is 1. The second-order valence-electron chi connectivity index (χ2n) is 4.14. The van der Waals surface area contributed by atoms with Crippen LogP contribution in [0.2, 0.25) is 0 Å². The molecule has 0 saturated heterocycles. The third kappa shape index (κ3) is 2.25. The molecule has 2 N–H and O–H groups in total. The van der Waals surface area contributed by atoms with E-state index >= 15 is 0 Å². The lowest BCUT2D eigenvalue weighted by Crippen LogP contribution is -2.06. The summed E-state index contributed by atoms with van der Waals surface area (Å²) in [5.41, 5.74) is 7.85. The van der Waals surface area contributed by atoms with Crippen molar-refractivity contribution in [1.82, 2.24) is 9.97 Å². The molecule has 0 radical (unpaired) electrons. The van der Waals surface area contributed by atoms with E-state index in [-0.39, 0.29) is 11.5 Å². The molecular formula is C14H13FN4. The van der Waals surface area contributed by atoms with Crippen LogP contribution in [0.15, 0.2) is 18.2 Å². The van der Waals surface area contributed by atoms with Crippen LogP contribution in [0.4, 0.5) is 10.2 Å². The average molecular weight is 256 g/mol. The van der Waals surface area contributed by atoms with Crippen LogP contribution in [0.5, 0.6) is 0 Å². The van der Waals surface area contributed by atoms with Gasteiger partial charge >= 0.3 is 0 Å². The second kappa shape index (κ2) is 5.02. The molecule has 96 valence electrons. The van der Waals surface area contributed by atoms with Crippen LogP contribution in [0, 0.1) is 24.1 Å². The molecule has 0 unspecified atom stereocenters. The van der Waals surface area contributed by atoms with Gasteiger partial charge in [-0.25, -0.2) is 14.4 Å². The quantitative estimate of drug-likeness (QED) is 0.896. The van der Waals surface area contributed by atoms with Crippen molar-refractivity contribution < 1.29 is 4.39 Å². The van der Waals surface area contributed by atoms with E-state index in [0.717, 1.165) is 5.56 Å². The fourth-order valence-electron chi connectivity index (χ4n) is 1.87. The predicted octanol–water partition coefficient (Wildman–Crippen LogP) is 2.61. The van der Waals surface area contributed by atoms with Crippen molar-refractivity contribution >= 4 is 5.82 Å². The molecular weight excluding hydrogens is 243 g/mol. The minimum absolute atomic E-state index is 0.163. The Kier molecular flexibility index (Phi) is 3.43. The van der Waals surface area contributed by atoms with Gasteiger partial charge in [0, 0.05) is 5.56 Å². The van der Waals surface area contributed by atoms with Gasteiger partial charge in [-0.15, -0.1) is 0 Å². The molecule has 0 aliphatic rings. The third-order valence-electron chi connectivity index (χ3n) is 2.98. The van der Waals surface area contributed by atoms with Gasteiger partial charge in [0.05, 0.1) is 17.3 Å². The minimum atomic E-state index is -0.569. The van der Waals surface area contributed by atoms with Gasteiger partial charge in [-0.2, -0.15) is 5.26 Å². The normalized spacial score (nSPS) is 10.2. The monoisotopic (exact) mass is 256 g/mol.